The summed E-state index contributed by atoms with van der Waals surface area (Å²) >= 11 is 0. The molecule has 0 aliphatic carbocycles. The van der Waals surface area contributed by atoms with Gasteiger partial charge in [0, 0.05) is 31.6 Å². The molecule has 1 N–H and O–H groups in total. The number of hydrogen-bond acceptors (Lipinski definition) is 3. The zero-order valence-corrected chi connectivity index (χ0v) is 14.5. The molecule has 0 radical (unpaired) electrons. The van der Waals surface area contributed by atoms with E-state index in [0.29, 0.717) is 31.1 Å². The van der Waals surface area contributed by atoms with Gasteiger partial charge in [-0.1, -0.05) is 12.5 Å². The Morgan fingerprint density at radius 1 is 1.08 bits per heavy atom. The number of amides is 1. The van der Waals surface area contributed by atoms with E-state index < -0.39 is 11.6 Å². The van der Waals surface area contributed by atoms with Crippen LogP contribution in [-0.4, -0.2) is 52.6 Å². The van der Waals surface area contributed by atoms with Crippen molar-refractivity contribution in [1.29, 1.82) is 0 Å². The third kappa shape index (κ3) is 4.36. The normalized spacial score (nSPS) is 25.9. The van der Waals surface area contributed by atoms with Crippen molar-refractivity contribution in [2.45, 2.75) is 57.2 Å². The van der Waals surface area contributed by atoms with Crippen molar-refractivity contribution < 1.29 is 18.7 Å². The Labute approximate surface area is 147 Å². The van der Waals surface area contributed by atoms with Crippen LogP contribution in [-0.2, 0) is 11.3 Å². The van der Waals surface area contributed by atoms with Gasteiger partial charge in [-0.3, -0.25) is 9.69 Å². The van der Waals surface area contributed by atoms with Gasteiger partial charge in [0.1, 0.15) is 0 Å². The average molecular weight is 352 g/mol. The molecule has 0 bridgehead atoms. The number of likely N-dealkylation sites (tertiary alicyclic amines) is 2. The van der Waals surface area contributed by atoms with Gasteiger partial charge in [-0.2, -0.15) is 0 Å². The number of halogens is 2. The van der Waals surface area contributed by atoms with Crippen LogP contribution in [0, 0.1) is 11.6 Å². The van der Waals surface area contributed by atoms with Gasteiger partial charge in [-0.25, -0.2) is 8.78 Å². The number of rotatable bonds is 4. The zero-order valence-electron chi connectivity index (χ0n) is 14.5. The average Bonchev–Trinajstić information content (AvgIpc) is 2.80. The minimum Gasteiger partial charge on any atom is -0.395 e. The number of aliphatic hydroxyl groups excluding tert-OH is 1. The molecule has 4 nitrogen and oxygen atoms in total. The lowest BCUT2D eigenvalue weighted by atomic mass is 9.97. The topological polar surface area (TPSA) is 43.8 Å². The molecule has 25 heavy (non-hydrogen) atoms. The van der Waals surface area contributed by atoms with E-state index in [4.69, 9.17) is 0 Å². The number of nitrogens with zero attached hydrogens (tertiary/aromatic N) is 2. The smallest absolute Gasteiger partial charge is 0.222 e. The van der Waals surface area contributed by atoms with E-state index in [9.17, 15) is 18.7 Å². The molecule has 1 aromatic rings. The van der Waals surface area contributed by atoms with Crippen LogP contribution in [0.4, 0.5) is 8.78 Å². The van der Waals surface area contributed by atoms with Crippen molar-refractivity contribution in [2.24, 2.45) is 0 Å². The second kappa shape index (κ2) is 8.23. The van der Waals surface area contributed by atoms with Crippen LogP contribution in [0.15, 0.2) is 18.2 Å². The lowest BCUT2D eigenvalue weighted by Gasteiger charge is -2.40. The van der Waals surface area contributed by atoms with Gasteiger partial charge in [-0.05, 0) is 49.9 Å². The summed E-state index contributed by atoms with van der Waals surface area (Å²) in [4.78, 5) is 16.6. The van der Waals surface area contributed by atoms with E-state index in [2.05, 4.69) is 4.90 Å². The monoisotopic (exact) mass is 352 g/mol. The van der Waals surface area contributed by atoms with Crippen LogP contribution >= 0.6 is 0 Å². The fraction of sp³-hybridized carbons (Fsp3) is 0.632. The van der Waals surface area contributed by atoms with E-state index in [0.717, 1.165) is 50.8 Å². The summed E-state index contributed by atoms with van der Waals surface area (Å²) in [6.45, 7) is 2.07. The van der Waals surface area contributed by atoms with Crippen molar-refractivity contribution in [2.75, 3.05) is 19.7 Å². The molecule has 2 fully saturated rings. The molecular weight excluding hydrogens is 326 g/mol. The minimum atomic E-state index is -0.878. The Kier molecular flexibility index (Phi) is 6.02. The molecule has 0 aromatic heterocycles. The summed E-state index contributed by atoms with van der Waals surface area (Å²) in [7, 11) is 0. The molecule has 2 aliphatic rings. The molecule has 1 amide bonds. The molecule has 0 spiro atoms. The first-order chi connectivity index (χ1) is 12.1. The van der Waals surface area contributed by atoms with Crippen molar-refractivity contribution in [3.63, 3.8) is 0 Å². The Balaban J connectivity index is 1.64. The first kappa shape index (κ1) is 18.3. The molecule has 2 saturated heterocycles. The van der Waals surface area contributed by atoms with Gasteiger partial charge in [0.25, 0.3) is 0 Å². The summed E-state index contributed by atoms with van der Waals surface area (Å²) in [6.07, 6.45) is 5.41. The molecule has 138 valence electrons. The first-order valence-electron chi connectivity index (χ1n) is 9.17. The van der Waals surface area contributed by atoms with Gasteiger partial charge in [0.05, 0.1) is 6.61 Å². The fourth-order valence-corrected chi connectivity index (χ4v) is 4.08. The molecule has 2 heterocycles. The maximum atomic E-state index is 13.4. The van der Waals surface area contributed by atoms with Gasteiger partial charge < -0.3 is 10.0 Å². The molecule has 1 aromatic carbocycles. The van der Waals surface area contributed by atoms with Crippen LogP contribution in [0.1, 0.15) is 44.1 Å². The van der Waals surface area contributed by atoms with Crippen LogP contribution in [0.2, 0.25) is 0 Å². The summed E-state index contributed by atoms with van der Waals surface area (Å²) in [5.74, 6) is -1.69. The van der Waals surface area contributed by atoms with E-state index in [1.54, 1.807) is 4.90 Å². The highest BCUT2D eigenvalue weighted by atomic mass is 19.2. The zero-order chi connectivity index (χ0) is 17.8. The predicted octanol–water partition coefficient (Wildman–Crippen LogP) is 2.69. The van der Waals surface area contributed by atoms with Gasteiger partial charge >= 0.3 is 0 Å². The highest BCUT2D eigenvalue weighted by molar-refractivity contribution is 5.76. The van der Waals surface area contributed by atoms with Gasteiger partial charge in [-0.15, -0.1) is 0 Å². The summed E-state index contributed by atoms with van der Waals surface area (Å²) in [6, 6.07) is 4.30. The fourth-order valence-electron chi connectivity index (χ4n) is 4.08. The van der Waals surface area contributed by atoms with Crippen LogP contribution in [0.5, 0.6) is 0 Å². The third-order valence-electron chi connectivity index (χ3n) is 5.49. The largest absolute Gasteiger partial charge is 0.395 e. The molecule has 6 heteroatoms. The second-order valence-corrected chi connectivity index (χ2v) is 7.11. The van der Waals surface area contributed by atoms with Gasteiger partial charge in [0.2, 0.25) is 5.91 Å². The molecule has 0 saturated carbocycles. The highest BCUT2D eigenvalue weighted by Gasteiger charge is 2.31. The number of piperidine rings is 1. The first-order valence-corrected chi connectivity index (χ1v) is 9.17. The number of carbonyl (C=O) groups excluding carboxylic acids is 1. The molecule has 2 aliphatic heterocycles. The van der Waals surface area contributed by atoms with E-state index >= 15 is 0 Å². The predicted molar refractivity (Wildman–Crippen MR) is 90.8 cm³/mol. The number of carbonyl (C=O) groups is 1. The van der Waals surface area contributed by atoms with Crippen LogP contribution < -0.4 is 0 Å². The molecule has 2 unspecified atom stereocenters. The number of aliphatic hydroxyl groups is 1. The maximum Gasteiger partial charge on any atom is 0.222 e. The minimum absolute atomic E-state index is 0.0600. The Morgan fingerprint density at radius 2 is 1.92 bits per heavy atom. The molecule has 2 atom stereocenters. The standard InChI is InChI=1S/C19H26F2N2O2/c20-17-6-4-14(11-18(17)21)12-22-10-8-15(5-7-19(22)25)23-9-2-1-3-16(23)13-24/h4,6,11,15-16,24H,1-3,5,7-10,12-13H2. The van der Waals surface area contributed by atoms with E-state index in [1.807, 2.05) is 0 Å². The van der Waals surface area contributed by atoms with Crippen LogP contribution in [0.3, 0.4) is 0 Å². The number of benzene rings is 1. The quantitative estimate of drug-likeness (QED) is 0.906. The van der Waals surface area contributed by atoms with E-state index in [1.165, 1.54) is 6.07 Å². The van der Waals surface area contributed by atoms with E-state index in [-0.39, 0.29) is 18.6 Å². The Bertz CT molecular complexity index is 611. The highest BCUT2D eigenvalue weighted by Crippen LogP contribution is 2.26. The summed E-state index contributed by atoms with van der Waals surface area (Å²) in [5, 5.41) is 9.62. The van der Waals surface area contributed by atoms with Crippen molar-refractivity contribution in [1.82, 2.24) is 9.80 Å². The Hall–Kier alpha value is -1.53. The van der Waals surface area contributed by atoms with Gasteiger partial charge in [0.15, 0.2) is 11.6 Å². The van der Waals surface area contributed by atoms with Crippen molar-refractivity contribution >= 4 is 5.91 Å². The summed E-state index contributed by atoms with van der Waals surface area (Å²) in [5.41, 5.74) is 0.608. The third-order valence-corrected chi connectivity index (χ3v) is 5.49. The lowest BCUT2D eigenvalue weighted by Crippen LogP contribution is -2.48. The molecule has 3 rings (SSSR count). The number of hydrogen-bond donors (Lipinski definition) is 1. The lowest BCUT2D eigenvalue weighted by molar-refractivity contribution is -0.131. The second-order valence-electron chi connectivity index (χ2n) is 7.11. The SMILES string of the molecule is O=C1CCC(N2CCCCC2CO)CCN1Cc1ccc(F)c(F)c1. The van der Waals surface area contributed by atoms with Crippen molar-refractivity contribution in [3.8, 4) is 0 Å². The summed E-state index contributed by atoms with van der Waals surface area (Å²) < 4.78 is 26.5. The van der Waals surface area contributed by atoms with Crippen LogP contribution in [0.25, 0.3) is 0 Å². The van der Waals surface area contributed by atoms with Crippen molar-refractivity contribution in [3.05, 3.63) is 35.4 Å². The molecular formula is C19H26F2N2O2. The maximum absolute atomic E-state index is 13.4. The Morgan fingerprint density at radius 3 is 2.68 bits per heavy atom.